The number of benzene rings is 1. The highest BCUT2D eigenvalue weighted by atomic mass is 16.5. The molecule has 0 saturated heterocycles. The molecule has 0 aromatic heterocycles. The molecule has 0 saturated carbocycles. The van der Waals surface area contributed by atoms with Gasteiger partial charge in [-0.15, -0.1) is 0 Å². The lowest BCUT2D eigenvalue weighted by Crippen LogP contribution is -2.11. The summed E-state index contributed by atoms with van der Waals surface area (Å²) in [5.74, 6) is 0.996. The van der Waals surface area contributed by atoms with Crippen LogP contribution in [0.15, 0.2) is 18.2 Å². The van der Waals surface area contributed by atoms with Crippen molar-refractivity contribution in [2.75, 3.05) is 13.2 Å². The van der Waals surface area contributed by atoms with Crippen molar-refractivity contribution in [3.05, 3.63) is 29.3 Å². The molecule has 0 fully saturated rings. The maximum absolute atomic E-state index is 8.70. The first-order valence-electron chi connectivity index (χ1n) is 7.30. The van der Waals surface area contributed by atoms with E-state index in [0.29, 0.717) is 6.61 Å². The van der Waals surface area contributed by atoms with Crippen LogP contribution in [0.4, 0.5) is 0 Å². The summed E-state index contributed by atoms with van der Waals surface area (Å²) in [6.07, 6.45) is 4.17. The van der Waals surface area contributed by atoms with Crippen molar-refractivity contribution in [2.24, 2.45) is 0 Å². The molecule has 0 radical (unpaired) electrons. The molecule has 0 bridgehead atoms. The lowest BCUT2D eigenvalue weighted by Gasteiger charge is -2.20. The standard InChI is InChI=1S/C17H28O2/c1-14-13-15(17(2,3)4)9-10-16(14)19-12-8-6-5-7-11-18/h9-10,13,18H,5-8,11-12H2,1-4H3. The van der Waals surface area contributed by atoms with Gasteiger partial charge in [0.1, 0.15) is 5.75 Å². The van der Waals surface area contributed by atoms with Crippen molar-refractivity contribution in [1.82, 2.24) is 0 Å². The number of rotatable bonds is 7. The molecule has 19 heavy (non-hydrogen) atoms. The van der Waals surface area contributed by atoms with Crippen molar-refractivity contribution in [3.8, 4) is 5.75 Å². The lowest BCUT2D eigenvalue weighted by molar-refractivity contribution is 0.273. The Morgan fingerprint density at radius 1 is 1.05 bits per heavy atom. The summed E-state index contributed by atoms with van der Waals surface area (Å²) in [6, 6.07) is 6.47. The second-order valence-electron chi connectivity index (χ2n) is 6.22. The number of aliphatic hydroxyl groups excluding tert-OH is 1. The van der Waals surface area contributed by atoms with Crippen LogP contribution in [0.1, 0.15) is 57.6 Å². The van der Waals surface area contributed by atoms with Crippen LogP contribution in [-0.4, -0.2) is 18.3 Å². The Hall–Kier alpha value is -1.02. The number of ether oxygens (including phenoxy) is 1. The first kappa shape index (κ1) is 16.0. The molecule has 0 heterocycles. The zero-order valence-electron chi connectivity index (χ0n) is 12.8. The summed E-state index contributed by atoms with van der Waals surface area (Å²) < 4.78 is 5.82. The van der Waals surface area contributed by atoms with Gasteiger partial charge in [-0.2, -0.15) is 0 Å². The summed E-state index contributed by atoms with van der Waals surface area (Å²) in [5.41, 5.74) is 2.75. The molecule has 1 aromatic carbocycles. The molecule has 1 N–H and O–H groups in total. The largest absolute Gasteiger partial charge is 0.493 e. The van der Waals surface area contributed by atoms with Crippen molar-refractivity contribution >= 4 is 0 Å². The Morgan fingerprint density at radius 2 is 1.74 bits per heavy atom. The van der Waals surface area contributed by atoms with Gasteiger partial charge in [0, 0.05) is 6.61 Å². The summed E-state index contributed by atoms with van der Waals surface area (Å²) >= 11 is 0. The van der Waals surface area contributed by atoms with Gasteiger partial charge in [0.25, 0.3) is 0 Å². The molecule has 0 unspecified atom stereocenters. The first-order valence-corrected chi connectivity index (χ1v) is 7.30. The monoisotopic (exact) mass is 264 g/mol. The van der Waals surface area contributed by atoms with E-state index >= 15 is 0 Å². The number of hydrogen-bond donors (Lipinski definition) is 1. The van der Waals surface area contributed by atoms with Gasteiger partial charge in [-0.1, -0.05) is 39.3 Å². The molecule has 2 nitrogen and oxygen atoms in total. The van der Waals surface area contributed by atoms with Gasteiger partial charge in [-0.3, -0.25) is 0 Å². The normalized spacial score (nSPS) is 11.6. The fourth-order valence-corrected chi connectivity index (χ4v) is 2.03. The second-order valence-corrected chi connectivity index (χ2v) is 6.22. The highest BCUT2D eigenvalue weighted by molar-refractivity contribution is 5.38. The Morgan fingerprint density at radius 3 is 2.32 bits per heavy atom. The molecule has 2 heteroatoms. The topological polar surface area (TPSA) is 29.5 Å². The minimum atomic E-state index is 0.188. The Balaban J connectivity index is 2.43. The third-order valence-electron chi connectivity index (χ3n) is 3.35. The van der Waals surface area contributed by atoms with Crippen molar-refractivity contribution in [3.63, 3.8) is 0 Å². The number of aryl methyl sites for hydroxylation is 1. The first-order chi connectivity index (χ1) is 8.95. The Kier molecular flexibility index (Phi) is 6.36. The number of aliphatic hydroxyl groups is 1. The average Bonchev–Trinajstić information content (AvgIpc) is 2.34. The van der Waals surface area contributed by atoms with Gasteiger partial charge >= 0.3 is 0 Å². The average molecular weight is 264 g/mol. The van der Waals surface area contributed by atoms with Crippen LogP contribution in [0, 0.1) is 6.92 Å². The van der Waals surface area contributed by atoms with Crippen LogP contribution >= 0.6 is 0 Å². The van der Waals surface area contributed by atoms with E-state index in [-0.39, 0.29) is 5.41 Å². The van der Waals surface area contributed by atoms with E-state index in [1.807, 2.05) is 0 Å². The fraction of sp³-hybridized carbons (Fsp3) is 0.647. The van der Waals surface area contributed by atoms with Crippen LogP contribution in [0.25, 0.3) is 0 Å². The van der Waals surface area contributed by atoms with E-state index in [1.54, 1.807) is 0 Å². The van der Waals surface area contributed by atoms with E-state index in [1.165, 1.54) is 11.1 Å². The highest BCUT2D eigenvalue weighted by Gasteiger charge is 2.14. The van der Waals surface area contributed by atoms with Gasteiger partial charge in [-0.05, 0) is 48.8 Å². The van der Waals surface area contributed by atoms with E-state index in [9.17, 15) is 0 Å². The molecule has 0 aliphatic rings. The van der Waals surface area contributed by atoms with Gasteiger partial charge in [0.15, 0.2) is 0 Å². The molecule has 0 aliphatic heterocycles. The Labute approximate surface area is 117 Å². The van der Waals surface area contributed by atoms with Gasteiger partial charge in [-0.25, -0.2) is 0 Å². The molecule has 1 aromatic rings. The Bertz CT molecular complexity index is 377. The molecule has 0 spiro atoms. The lowest BCUT2D eigenvalue weighted by atomic mass is 9.86. The molecular formula is C17H28O2. The summed E-state index contributed by atoms with van der Waals surface area (Å²) in [5, 5.41) is 8.70. The predicted octanol–water partition coefficient (Wildman–Crippen LogP) is 4.22. The molecule has 0 amide bonds. The van der Waals surface area contributed by atoms with Crippen LogP contribution < -0.4 is 4.74 Å². The highest BCUT2D eigenvalue weighted by Crippen LogP contribution is 2.27. The SMILES string of the molecule is Cc1cc(C(C)(C)C)ccc1OCCCCCCO. The molecule has 0 atom stereocenters. The predicted molar refractivity (Wildman–Crippen MR) is 80.9 cm³/mol. The van der Waals surface area contributed by atoms with Crippen LogP contribution in [0.3, 0.4) is 0 Å². The van der Waals surface area contributed by atoms with Crippen LogP contribution in [0.2, 0.25) is 0 Å². The van der Waals surface area contributed by atoms with Gasteiger partial charge in [0.05, 0.1) is 6.61 Å². The van der Waals surface area contributed by atoms with Crippen molar-refractivity contribution < 1.29 is 9.84 Å². The maximum atomic E-state index is 8.70. The third kappa shape index (κ3) is 5.65. The molecular weight excluding hydrogens is 236 g/mol. The minimum Gasteiger partial charge on any atom is -0.493 e. The fourth-order valence-electron chi connectivity index (χ4n) is 2.03. The summed E-state index contributed by atoms with van der Waals surface area (Å²) in [7, 11) is 0. The van der Waals surface area contributed by atoms with Crippen molar-refractivity contribution in [1.29, 1.82) is 0 Å². The van der Waals surface area contributed by atoms with Gasteiger partial charge < -0.3 is 9.84 Å². The van der Waals surface area contributed by atoms with E-state index in [2.05, 4.69) is 45.9 Å². The third-order valence-corrected chi connectivity index (χ3v) is 3.35. The smallest absolute Gasteiger partial charge is 0.122 e. The van der Waals surface area contributed by atoms with E-state index in [4.69, 9.17) is 9.84 Å². The molecule has 108 valence electrons. The summed E-state index contributed by atoms with van der Waals surface area (Å²) in [4.78, 5) is 0. The van der Waals surface area contributed by atoms with E-state index < -0.39 is 0 Å². The van der Waals surface area contributed by atoms with Crippen molar-refractivity contribution in [2.45, 2.75) is 58.8 Å². The number of unbranched alkanes of at least 4 members (excludes halogenated alkanes) is 3. The second kappa shape index (κ2) is 7.54. The number of hydrogen-bond acceptors (Lipinski definition) is 2. The minimum absolute atomic E-state index is 0.188. The van der Waals surface area contributed by atoms with E-state index in [0.717, 1.165) is 38.0 Å². The van der Waals surface area contributed by atoms with Crippen LogP contribution in [0.5, 0.6) is 5.75 Å². The zero-order valence-corrected chi connectivity index (χ0v) is 12.8. The van der Waals surface area contributed by atoms with Crippen LogP contribution in [-0.2, 0) is 5.41 Å². The molecule has 1 rings (SSSR count). The maximum Gasteiger partial charge on any atom is 0.122 e. The molecule has 0 aliphatic carbocycles. The summed E-state index contributed by atoms with van der Waals surface area (Å²) in [6.45, 7) is 9.85. The zero-order chi connectivity index (χ0) is 14.3. The quantitative estimate of drug-likeness (QED) is 0.747. The van der Waals surface area contributed by atoms with Gasteiger partial charge in [0.2, 0.25) is 0 Å².